The number of rotatable bonds is 5. The maximum atomic E-state index is 11.1. The Hall–Kier alpha value is -1.46. The third-order valence-corrected chi connectivity index (χ3v) is 2.12. The van der Waals surface area contributed by atoms with E-state index in [9.17, 15) is 4.79 Å². The molecule has 1 aromatic heterocycles. The van der Waals surface area contributed by atoms with Gasteiger partial charge < -0.3 is 15.9 Å². The van der Waals surface area contributed by atoms with Gasteiger partial charge in [-0.25, -0.2) is 0 Å². The average Bonchev–Trinajstić information content (AvgIpc) is 2.21. The molecule has 0 bridgehead atoms. The number of amides is 1. The van der Waals surface area contributed by atoms with Gasteiger partial charge in [0, 0.05) is 37.1 Å². The fourth-order valence-electron chi connectivity index (χ4n) is 1.48. The molecule has 0 saturated heterocycles. The maximum absolute atomic E-state index is 11.1. The smallest absolute Gasteiger partial charge is 0.249 e. The molecule has 0 aliphatic heterocycles. The Bertz CT molecular complexity index is 353. The van der Waals surface area contributed by atoms with Gasteiger partial charge in [-0.2, -0.15) is 0 Å². The van der Waals surface area contributed by atoms with Gasteiger partial charge in [0.25, 0.3) is 0 Å². The lowest BCUT2D eigenvalue weighted by molar-refractivity contribution is 0.0999. The van der Waals surface area contributed by atoms with Gasteiger partial charge in [0.05, 0.1) is 0 Å². The summed E-state index contributed by atoms with van der Waals surface area (Å²) in [5, 5.41) is 17.7. The zero-order valence-corrected chi connectivity index (χ0v) is 8.31. The van der Waals surface area contributed by atoms with Crippen molar-refractivity contribution >= 4 is 5.91 Å². The second kappa shape index (κ2) is 5.43. The summed E-state index contributed by atoms with van der Waals surface area (Å²) in [4.78, 5) is 15.2. The first kappa shape index (κ1) is 11.6. The summed E-state index contributed by atoms with van der Waals surface area (Å²) in [5.74, 6) is -0.542. The Kier molecular flexibility index (Phi) is 4.20. The van der Waals surface area contributed by atoms with Crippen molar-refractivity contribution in [2.24, 2.45) is 5.73 Å². The number of aromatic nitrogens is 1. The van der Waals surface area contributed by atoms with Gasteiger partial charge in [0.15, 0.2) is 0 Å². The first-order valence-electron chi connectivity index (χ1n) is 4.69. The quantitative estimate of drug-likeness (QED) is 0.595. The third kappa shape index (κ3) is 2.74. The predicted molar refractivity (Wildman–Crippen MR) is 54.3 cm³/mol. The van der Waals surface area contributed by atoms with Gasteiger partial charge in [0.2, 0.25) is 5.91 Å². The first-order valence-corrected chi connectivity index (χ1v) is 4.69. The highest BCUT2D eigenvalue weighted by Gasteiger charge is 2.12. The number of hydrogen-bond donors (Lipinski definition) is 3. The highest BCUT2D eigenvalue weighted by atomic mass is 16.3. The summed E-state index contributed by atoms with van der Waals surface area (Å²) in [6, 6.07) is 1.52. The molecule has 4 N–H and O–H groups in total. The van der Waals surface area contributed by atoms with E-state index < -0.39 is 5.91 Å². The zero-order valence-electron chi connectivity index (χ0n) is 8.31. The van der Waals surface area contributed by atoms with Crippen LogP contribution >= 0.6 is 0 Å². The van der Waals surface area contributed by atoms with Crippen LogP contribution in [0.15, 0.2) is 12.3 Å². The monoisotopic (exact) mass is 210 g/mol. The van der Waals surface area contributed by atoms with E-state index in [1.54, 1.807) is 0 Å². The Morgan fingerprint density at radius 2 is 2.00 bits per heavy atom. The standard InChI is InChI=1S/C10H14N2O3/c11-10(15)8-1-4-12-9(3-6-14)7(8)2-5-13/h1,4,13-14H,2-3,5-6H2,(H2,11,15). The van der Waals surface area contributed by atoms with Crippen molar-refractivity contribution in [1.29, 1.82) is 0 Å². The molecule has 1 aromatic rings. The van der Waals surface area contributed by atoms with Crippen LogP contribution in [0.5, 0.6) is 0 Å². The van der Waals surface area contributed by atoms with Crippen LogP contribution in [-0.4, -0.2) is 34.3 Å². The van der Waals surface area contributed by atoms with Crippen LogP contribution < -0.4 is 5.73 Å². The van der Waals surface area contributed by atoms with Gasteiger partial charge >= 0.3 is 0 Å². The molecule has 0 unspecified atom stereocenters. The molecule has 0 radical (unpaired) electrons. The topological polar surface area (TPSA) is 96.4 Å². The van der Waals surface area contributed by atoms with Crippen LogP contribution in [0.1, 0.15) is 21.6 Å². The van der Waals surface area contributed by atoms with E-state index in [-0.39, 0.29) is 13.2 Å². The molecular formula is C10H14N2O3. The number of aliphatic hydroxyl groups excluding tert-OH is 2. The molecule has 1 heterocycles. The number of hydrogen-bond acceptors (Lipinski definition) is 4. The highest BCUT2D eigenvalue weighted by Crippen LogP contribution is 2.13. The SMILES string of the molecule is NC(=O)c1ccnc(CCO)c1CCO. The van der Waals surface area contributed by atoms with E-state index >= 15 is 0 Å². The number of nitrogens with two attached hydrogens (primary N) is 1. The molecule has 0 fully saturated rings. The van der Waals surface area contributed by atoms with Crippen molar-refractivity contribution < 1.29 is 15.0 Å². The van der Waals surface area contributed by atoms with Gasteiger partial charge in [-0.3, -0.25) is 9.78 Å². The fourth-order valence-corrected chi connectivity index (χ4v) is 1.48. The highest BCUT2D eigenvalue weighted by molar-refractivity contribution is 5.94. The Morgan fingerprint density at radius 3 is 2.53 bits per heavy atom. The van der Waals surface area contributed by atoms with E-state index in [4.69, 9.17) is 15.9 Å². The molecule has 0 atom stereocenters. The van der Waals surface area contributed by atoms with Crippen molar-refractivity contribution in [3.8, 4) is 0 Å². The van der Waals surface area contributed by atoms with E-state index in [1.165, 1.54) is 12.3 Å². The number of carbonyl (C=O) groups is 1. The van der Waals surface area contributed by atoms with Crippen LogP contribution in [0.2, 0.25) is 0 Å². The van der Waals surface area contributed by atoms with Gasteiger partial charge in [-0.1, -0.05) is 0 Å². The lowest BCUT2D eigenvalue weighted by Gasteiger charge is -2.09. The van der Waals surface area contributed by atoms with Crippen LogP contribution in [0, 0.1) is 0 Å². The molecular weight excluding hydrogens is 196 g/mol. The number of primary amides is 1. The minimum absolute atomic E-state index is 0.0480. The Balaban J connectivity index is 3.15. The van der Waals surface area contributed by atoms with Gasteiger partial charge in [-0.05, 0) is 18.1 Å². The van der Waals surface area contributed by atoms with Crippen LogP contribution in [-0.2, 0) is 12.8 Å². The molecule has 0 aliphatic carbocycles. The van der Waals surface area contributed by atoms with E-state index in [0.29, 0.717) is 29.7 Å². The van der Waals surface area contributed by atoms with Crippen molar-refractivity contribution in [2.75, 3.05) is 13.2 Å². The Labute approximate surface area is 87.6 Å². The maximum Gasteiger partial charge on any atom is 0.249 e. The molecule has 0 aromatic carbocycles. The third-order valence-electron chi connectivity index (χ3n) is 2.12. The fraction of sp³-hybridized carbons (Fsp3) is 0.400. The number of carbonyl (C=O) groups excluding carboxylic acids is 1. The lowest BCUT2D eigenvalue weighted by Crippen LogP contribution is -2.17. The minimum atomic E-state index is -0.542. The predicted octanol–water partition coefficient (Wildman–Crippen LogP) is -0.750. The van der Waals surface area contributed by atoms with E-state index in [2.05, 4.69) is 4.98 Å². The molecule has 0 spiro atoms. The van der Waals surface area contributed by atoms with Crippen molar-refractivity contribution in [1.82, 2.24) is 4.98 Å². The largest absolute Gasteiger partial charge is 0.396 e. The minimum Gasteiger partial charge on any atom is -0.396 e. The molecule has 0 saturated carbocycles. The number of pyridine rings is 1. The van der Waals surface area contributed by atoms with Crippen molar-refractivity contribution in [3.05, 3.63) is 29.1 Å². The lowest BCUT2D eigenvalue weighted by atomic mass is 10.0. The molecule has 5 nitrogen and oxygen atoms in total. The molecule has 0 aliphatic rings. The summed E-state index contributed by atoms with van der Waals surface area (Å²) in [5.41, 5.74) is 6.80. The van der Waals surface area contributed by atoms with Crippen molar-refractivity contribution in [2.45, 2.75) is 12.8 Å². The molecule has 1 rings (SSSR count). The van der Waals surface area contributed by atoms with E-state index in [0.717, 1.165) is 0 Å². The summed E-state index contributed by atoms with van der Waals surface area (Å²) in [6.45, 7) is -0.127. The summed E-state index contributed by atoms with van der Waals surface area (Å²) in [6.07, 6.45) is 2.16. The van der Waals surface area contributed by atoms with Gasteiger partial charge in [-0.15, -0.1) is 0 Å². The second-order valence-corrected chi connectivity index (χ2v) is 3.10. The summed E-state index contributed by atoms with van der Waals surface area (Å²) in [7, 11) is 0. The molecule has 5 heteroatoms. The number of aliphatic hydroxyl groups is 2. The second-order valence-electron chi connectivity index (χ2n) is 3.10. The molecule has 82 valence electrons. The normalized spacial score (nSPS) is 10.3. The molecule has 15 heavy (non-hydrogen) atoms. The van der Waals surface area contributed by atoms with Crippen LogP contribution in [0.25, 0.3) is 0 Å². The summed E-state index contributed by atoms with van der Waals surface area (Å²) < 4.78 is 0. The van der Waals surface area contributed by atoms with Gasteiger partial charge in [0.1, 0.15) is 0 Å². The first-order chi connectivity index (χ1) is 7.20. The average molecular weight is 210 g/mol. The van der Waals surface area contributed by atoms with Crippen molar-refractivity contribution in [3.63, 3.8) is 0 Å². The molecule has 1 amide bonds. The number of nitrogens with zero attached hydrogens (tertiary/aromatic N) is 1. The van der Waals surface area contributed by atoms with Crippen LogP contribution in [0.4, 0.5) is 0 Å². The van der Waals surface area contributed by atoms with Crippen LogP contribution in [0.3, 0.4) is 0 Å². The van der Waals surface area contributed by atoms with E-state index in [1.807, 2.05) is 0 Å². The zero-order chi connectivity index (χ0) is 11.3. The summed E-state index contributed by atoms with van der Waals surface area (Å²) >= 11 is 0. The Morgan fingerprint density at radius 1 is 1.33 bits per heavy atom.